The first-order valence-corrected chi connectivity index (χ1v) is 6.96. The maximum absolute atomic E-state index is 2.79. The molecule has 0 radical (unpaired) electrons. The van der Waals surface area contributed by atoms with Crippen molar-refractivity contribution < 1.29 is 0 Å². The molecule has 15 heavy (non-hydrogen) atoms. The van der Waals surface area contributed by atoms with E-state index in [-0.39, 0.29) is 0 Å². The van der Waals surface area contributed by atoms with Gasteiger partial charge in [0, 0.05) is 12.6 Å². The first kappa shape index (κ1) is 11.4. The molecule has 1 aliphatic heterocycles. The van der Waals surface area contributed by atoms with Gasteiger partial charge in [0.25, 0.3) is 0 Å². The van der Waals surface area contributed by atoms with E-state index in [0.717, 1.165) is 23.8 Å². The lowest BCUT2D eigenvalue weighted by atomic mass is 9.75. The SMILES string of the molecule is CC[C@H]1CN(C2CCC2)CC[C@H]1C(C)C. The highest BCUT2D eigenvalue weighted by molar-refractivity contribution is 4.87. The van der Waals surface area contributed by atoms with Crippen LogP contribution in [0.1, 0.15) is 52.9 Å². The summed E-state index contributed by atoms with van der Waals surface area (Å²) < 4.78 is 0. The van der Waals surface area contributed by atoms with E-state index in [1.54, 1.807) is 0 Å². The molecule has 0 aromatic rings. The molecule has 1 saturated heterocycles. The Bertz CT molecular complexity index is 196. The van der Waals surface area contributed by atoms with Crippen molar-refractivity contribution in [1.29, 1.82) is 0 Å². The van der Waals surface area contributed by atoms with E-state index < -0.39 is 0 Å². The quantitative estimate of drug-likeness (QED) is 0.687. The summed E-state index contributed by atoms with van der Waals surface area (Å²) in [4.78, 5) is 2.79. The fourth-order valence-corrected chi connectivity index (χ4v) is 3.47. The van der Waals surface area contributed by atoms with Crippen LogP contribution in [0, 0.1) is 17.8 Å². The van der Waals surface area contributed by atoms with Crippen molar-refractivity contribution in [2.45, 2.75) is 58.9 Å². The van der Waals surface area contributed by atoms with Gasteiger partial charge in [-0.05, 0) is 43.6 Å². The minimum absolute atomic E-state index is 0.887. The summed E-state index contributed by atoms with van der Waals surface area (Å²) in [6.07, 6.45) is 7.26. The van der Waals surface area contributed by atoms with Crippen LogP contribution in [0.25, 0.3) is 0 Å². The van der Waals surface area contributed by atoms with Crippen LogP contribution in [0.3, 0.4) is 0 Å². The molecule has 1 saturated carbocycles. The highest BCUT2D eigenvalue weighted by Gasteiger charge is 2.34. The monoisotopic (exact) mass is 209 g/mol. The molecule has 1 nitrogen and oxygen atoms in total. The zero-order valence-electron chi connectivity index (χ0n) is 10.7. The van der Waals surface area contributed by atoms with Gasteiger partial charge in [-0.1, -0.05) is 33.6 Å². The van der Waals surface area contributed by atoms with Gasteiger partial charge in [-0.25, -0.2) is 0 Å². The second-order valence-corrected chi connectivity index (χ2v) is 5.94. The smallest absolute Gasteiger partial charge is 0.00953 e. The van der Waals surface area contributed by atoms with Crippen molar-refractivity contribution in [3.8, 4) is 0 Å². The predicted octanol–water partition coefficient (Wildman–Crippen LogP) is 3.54. The fraction of sp³-hybridized carbons (Fsp3) is 1.00. The topological polar surface area (TPSA) is 3.24 Å². The molecule has 0 bridgehead atoms. The molecule has 0 aromatic heterocycles. The highest BCUT2D eigenvalue weighted by Crippen LogP contribution is 2.35. The van der Waals surface area contributed by atoms with Crippen LogP contribution in [0.5, 0.6) is 0 Å². The van der Waals surface area contributed by atoms with Gasteiger partial charge in [0.1, 0.15) is 0 Å². The molecule has 1 heteroatoms. The first-order valence-electron chi connectivity index (χ1n) is 6.96. The van der Waals surface area contributed by atoms with E-state index in [1.165, 1.54) is 45.2 Å². The Labute approximate surface area is 95.2 Å². The minimum atomic E-state index is 0.887. The number of nitrogens with zero attached hydrogens (tertiary/aromatic N) is 1. The van der Waals surface area contributed by atoms with E-state index in [4.69, 9.17) is 0 Å². The van der Waals surface area contributed by atoms with E-state index >= 15 is 0 Å². The van der Waals surface area contributed by atoms with E-state index in [2.05, 4.69) is 25.7 Å². The number of rotatable bonds is 3. The third-order valence-electron chi connectivity index (χ3n) is 4.80. The average molecular weight is 209 g/mol. The zero-order chi connectivity index (χ0) is 10.8. The summed E-state index contributed by atoms with van der Waals surface area (Å²) in [5.74, 6) is 2.85. The second kappa shape index (κ2) is 4.86. The van der Waals surface area contributed by atoms with Gasteiger partial charge in [0.15, 0.2) is 0 Å². The lowest BCUT2D eigenvalue weighted by Gasteiger charge is -2.46. The number of hydrogen-bond acceptors (Lipinski definition) is 1. The van der Waals surface area contributed by atoms with Crippen molar-refractivity contribution in [2.24, 2.45) is 17.8 Å². The third-order valence-corrected chi connectivity index (χ3v) is 4.80. The van der Waals surface area contributed by atoms with Crippen molar-refractivity contribution in [3.63, 3.8) is 0 Å². The molecular weight excluding hydrogens is 182 g/mol. The Balaban J connectivity index is 1.90. The van der Waals surface area contributed by atoms with Crippen molar-refractivity contribution >= 4 is 0 Å². The Hall–Kier alpha value is -0.0400. The van der Waals surface area contributed by atoms with Crippen LogP contribution < -0.4 is 0 Å². The molecule has 1 aliphatic carbocycles. The zero-order valence-corrected chi connectivity index (χ0v) is 10.7. The standard InChI is InChI=1S/C14H27N/c1-4-12-10-15(13-6-5-7-13)9-8-14(12)11(2)3/h11-14H,4-10H2,1-3H3/t12-,14-/m0/s1. The summed E-state index contributed by atoms with van der Waals surface area (Å²) in [7, 11) is 0. The molecule has 0 unspecified atom stereocenters. The summed E-state index contributed by atoms with van der Waals surface area (Å²) >= 11 is 0. The lowest BCUT2D eigenvalue weighted by molar-refractivity contribution is 0.0312. The van der Waals surface area contributed by atoms with Gasteiger partial charge in [-0.15, -0.1) is 0 Å². The molecule has 88 valence electrons. The van der Waals surface area contributed by atoms with Crippen LogP contribution in [0.15, 0.2) is 0 Å². The molecule has 0 aromatic carbocycles. The van der Waals surface area contributed by atoms with Crippen molar-refractivity contribution in [1.82, 2.24) is 4.90 Å². The van der Waals surface area contributed by atoms with Crippen LogP contribution >= 0.6 is 0 Å². The number of piperidine rings is 1. The Morgan fingerprint density at radius 2 is 1.93 bits per heavy atom. The Morgan fingerprint density at radius 1 is 1.20 bits per heavy atom. The van der Waals surface area contributed by atoms with Gasteiger partial charge in [0.05, 0.1) is 0 Å². The van der Waals surface area contributed by atoms with Gasteiger partial charge < -0.3 is 4.90 Å². The molecule has 0 N–H and O–H groups in total. The molecule has 2 atom stereocenters. The van der Waals surface area contributed by atoms with Gasteiger partial charge in [-0.3, -0.25) is 0 Å². The normalized spacial score (nSPS) is 34.4. The highest BCUT2D eigenvalue weighted by atomic mass is 15.2. The second-order valence-electron chi connectivity index (χ2n) is 5.94. The summed E-state index contributed by atoms with van der Waals surface area (Å²) in [5.41, 5.74) is 0. The van der Waals surface area contributed by atoms with Gasteiger partial charge in [-0.2, -0.15) is 0 Å². The molecule has 0 spiro atoms. The lowest BCUT2D eigenvalue weighted by Crippen LogP contribution is -2.49. The molecular formula is C14H27N. The van der Waals surface area contributed by atoms with E-state index in [9.17, 15) is 0 Å². The first-order chi connectivity index (χ1) is 7.22. The summed E-state index contributed by atoms with van der Waals surface area (Å²) in [5, 5.41) is 0. The maximum Gasteiger partial charge on any atom is 0.00953 e. The fourth-order valence-electron chi connectivity index (χ4n) is 3.47. The van der Waals surface area contributed by atoms with Crippen LogP contribution in [-0.2, 0) is 0 Å². The van der Waals surface area contributed by atoms with Crippen LogP contribution in [-0.4, -0.2) is 24.0 Å². The van der Waals surface area contributed by atoms with Gasteiger partial charge in [0.2, 0.25) is 0 Å². The van der Waals surface area contributed by atoms with Crippen LogP contribution in [0.2, 0.25) is 0 Å². The van der Waals surface area contributed by atoms with Gasteiger partial charge >= 0.3 is 0 Å². The molecule has 2 fully saturated rings. The molecule has 1 heterocycles. The largest absolute Gasteiger partial charge is 0.300 e. The number of hydrogen-bond donors (Lipinski definition) is 0. The third kappa shape index (κ3) is 2.38. The predicted molar refractivity (Wildman–Crippen MR) is 65.9 cm³/mol. The Kier molecular flexibility index (Phi) is 3.71. The molecule has 2 aliphatic rings. The Morgan fingerprint density at radius 3 is 2.40 bits per heavy atom. The van der Waals surface area contributed by atoms with Crippen molar-refractivity contribution in [2.75, 3.05) is 13.1 Å². The van der Waals surface area contributed by atoms with Crippen molar-refractivity contribution in [3.05, 3.63) is 0 Å². The van der Waals surface area contributed by atoms with E-state index in [1.807, 2.05) is 0 Å². The van der Waals surface area contributed by atoms with Crippen LogP contribution in [0.4, 0.5) is 0 Å². The summed E-state index contributed by atoms with van der Waals surface area (Å²) in [6, 6.07) is 0.965. The van der Waals surface area contributed by atoms with E-state index in [0.29, 0.717) is 0 Å². The summed E-state index contributed by atoms with van der Waals surface area (Å²) in [6.45, 7) is 9.97. The molecule has 2 rings (SSSR count). The molecule has 0 amide bonds. The number of likely N-dealkylation sites (tertiary alicyclic amines) is 1. The minimum Gasteiger partial charge on any atom is -0.300 e. The average Bonchev–Trinajstić information content (AvgIpc) is 2.14. The maximum atomic E-state index is 2.79.